The van der Waals surface area contributed by atoms with Crippen LogP contribution in [0.2, 0.25) is 0 Å². The van der Waals surface area contributed by atoms with Gasteiger partial charge in [-0.05, 0) is 47.9 Å². The van der Waals surface area contributed by atoms with Crippen LogP contribution in [0.4, 0.5) is 0 Å². The van der Waals surface area contributed by atoms with Crippen molar-refractivity contribution in [2.75, 3.05) is 20.8 Å². The van der Waals surface area contributed by atoms with Crippen molar-refractivity contribution in [3.63, 3.8) is 0 Å². The van der Waals surface area contributed by atoms with Crippen LogP contribution in [-0.4, -0.2) is 36.8 Å². The van der Waals surface area contributed by atoms with Gasteiger partial charge < -0.3 is 14.6 Å². The monoisotopic (exact) mass is 394 g/mol. The summed E-state index contributed by atoms with van der Waals surface area (Å²) in [6.45, 7) is 4.85. The molecule has 0 fully saturated rings. The van der Waals surface area contributed by atoms with Gasteiger partial charge in [-0.25, -0.2) is 4.79 Å². The minimum Gasteiger partial charge on any atom is -0.497 e. The van der Waals surface area contributed by atoms with E-state index in [9.17, 15) is 9.90 Å². The van der Waals surface area contributed by atoms with E-state index in [2.05, 4.69) is 19.3 Å². The molecule has 1 aliphatic heterocycles. The highest BCUT2D eigenvalue weighted by Gasteiger charge is 2.27. The number of carboxylic acids is 1. The van der Waals surface area contributed by atoms with Crippen LogP contribution in [0.1, 0.15) is 25.0 Å². The summed E-state index contributed by atoms with van der Waals surface area (Å²) in [5, 5.41) is 11.8. The lowest BCUT2D eigenvalue weighted by atomic mass is 9.92. The first kappa shape index (κ1) is 20.3. The topological polar surface area (TPSA) is 71.0 Å². The van der Waals surface area contributed by atoms with Gasteiger partial charge in [-0.1, -0.05) is 26.0 Å². The molecule has 152 valence electrons. The van der Waals surface area contributed by atoms with Gasteiger partial charge in [0.1, 0.15) is 11.5 Å². The number of ether oxygens (including phenoxy) is 2. The number of carboxylic acid groups (broad SMARTS) is 1. The quantitative estimate of drug-likeness (QED) is 0.739. The van der Waals surface area contributed by atoms with Crippen molar-refractivity contribution < 1.29 is 19.4 Å². The van der Waals surface area contributed by atoms with Crippen molar-refractivity contribution in [3.05, 3.63) is 71.4 Å². The number of methoxy groups -OCH3 is 2. The van der Waals surface area contributed by atoms with Crippen molar-refractivity contribution in [2.45, 2.75) is 13.8 Å². The highest BCUT2D eigenvalue weighted by atomic mass is 16.5. The zero-order chi connectivity index (χ0) is 21.0. The first-order chi connectivity index (χ1) is 13.9. The Labute approximate surface area is 171 Å². The van der Waals surface area contributed by atoms with Gasteiger partial charge in [0.05, 0.1) is 25.5 Å². The van der Waals surface area contributed by atoms with Crippen molar-refractivity contribution in [2.24, 2.45) is 5.92 Å². The fourth-order valence-corrected chi connectivity index (χ4v) is 3.26. The van der Waals surface area contributed by atoms with Crippen molar-refractivity contribution >= 4 is 17.2 Å². The molecule has 2 aromatic carbocycles. The van der Waals surface area contributed by atoms with Crippen LogP contribution in [0.25, 0.3) is 11.3 Å². The number of benzene rings is 2. The average molecular weight is 394 g/mol. The van der Waals surface area contributed by atoms with Gasteiger partial charge in [0.15, 0.2) is 0 Å². The molecule has 6 heteroatoms. The third-order valence-corrected chi connectivity index (χ3v) is 4.61. The molecule has 29 heavy (non-hydrogen) atoms. The predicted molar refractivity (Wildman–Crippen MR) is 113 cm³/mol. The molecule has 3 rings (SSSR count). The predicted octanol–water partition coefficient (Wildman–Crippen LogP) is 4.02. The fourth-order valence-electron chi connectivity index (χ4n) is 3.26. The first-order valence-electron chi connectivity index (χ1n) is 9.44. The third-order valence-electron chi connectivity index (χ3n) is 4.61. The highest BCUT2D eigenvalue weighted by Crippen LogP contribution is 2.35. The Morgan fingerprint density at radius 3 is 1.93 bits per heavy atom. The maximum Gasteiger partial charge on any atom is 0.337 e. The maximum atomic E-state index is 12.2. The van der Waals surface area contributed by atoms with E-state index in [1.54, 1.807) is 20.4 Å². The third kappa shape index (κ3) is 4.54. The van der Waals surface area contributed by atoms with E-state index in [0.29, 0.717) is 23.8 Å². The van der Waals surface area contributed by atoms with Crippen molar-refractivity contribution in [1.82, 2.24) is 10.4 Å². The number of aliphatic carboxylic acids is 1. The zero-order valence-corrected chi connectivity index (χ0v) is 17.1. The minimum atomic E-state index is -0.975. The van der Waals surface area contributed by atoms with E-state index in [-0.39, 0.29) is 5.57 Å². The smallest absolute Gasteiger partial charge is 0.337 e. The molecule has 2 aromatic rings. The molecule has 0 aliphatic carbocycles. The van der Waals surface area contributed by atoms with Gasteiger partial charge in [-0.3, -0.25) is 10.4 Å². The van der Waals surface area contributed by atoms with Crippen molar-refractivity contribution in [3.8, 4) is 11.5 Å². The Morgan fingerprint density at radius 2 is 1.48 bits per heavy atom. The lowest BCUT2D eigenvalue weighted by Crippen LogP contribution is -2.39. The van der Waals surface area contributed by atoms with Gasteiger partial charge in [-0.2, -0.15) is 0 Å². The number of rotatable bonds is 7. The molecule has 0 saturated carbocycles. The maximum absolute atomic E-state index is 12.2. The second kappa shape index (κ2) is 8.73. The van der Waals surface area contributed by atoms with Crippen LogP contribution >= 0.6 is 0 Å². The van der Waals surface area contributed by atoms with Crippen molar-refractivity contribution in [1.29, 1.82) is 0 Å². The number of nitrogens with one attached hydrogen (secondary N) is 1. The number of hydrogen-bond acceptors (Lipinski definition) is 5. The normalized spacial score (nSPS) is 13.8. The summed E-state index contributed by atoms with van der Waals surface area (Å²) in [4.78, 5) is 12.2. The van der Waals surface area contributed by atoms with Gasteiger partial charge in [0.2, 0.25) is 0 Å². The summed E-state index contributed by atoms with van der Waals surface area (Å²) in [6.07, 6.45) is 1.66. The summed E-state index contributed by atoms with van der Waals surface area (Å²) in [5.41, 5.74) is 6.67. The van der Waals surface area contributed by atoms with E-state index in [0.717, 1.165) is 22.6 Å². The molecule has 1 heterocycles. The van der Waals surface area contributed by atoms with E-state index in [1.165, 1.54) is 0 Å². The molecule has 0 unspecified atom stereocenters. The lowest BCUT2D eigenvalue weighted by Gasteiger charge is -2.33. The van der Waals surface area contributed by atoms with Crippen LogP contribution < -0.4 is 14.9 Å². The fraction of sp³-hybridized carbons (Fsp3) is 0.261. The Bertz CT molecular complexity index is 928. The van der Waals surface area contributed by atoms with Crippen LogP contribution in [0.5, 0.6) is 11.5 Å². The van der Waals surface area contributed by atoms with E-state index in [4.69, 9.17) is 9.47 Å². The van der Waals surface area contributed by atoms with Crippen LogP contribution in [0.15, 0.2) is 60.3 Å². The van der Waals surface area contributed by atoms with Gasteiger partial charge in [0.25, 0.3) is 0 Å². The molecule has 0 spiro atoms. The highest BCUT2D eigenvalue weighted by molar-refractivity contribution is 6.13. The van der Waals surface area contributed by atoms with Crippen LogP contribution in [0, 0.1) is 5.92 Å². The SMILES string of the molecule is COc1ccc(C2=C(c3ccc(OC)cc3)C(C(=O)O)=CN(CC(C)C)N2)cc1. The standard InChI is InChI=1S/C23H26N2O4/c1-15(2)13-25-14-20(23(26)27)21(16-5-9-18(28-3)10-6-16)22(24-25)17-7-11-19(29-4)12-8-17/h5-12,14-15,24H,13H2,1-4H3,(H,26,27). The number of carbonyl (C=O) groups is 1. The molecule has 0 radical (unpaired) electrons. The first-order valence-corrected chi connectivity index (χ1v) is 9.44. The Balaban J connectivity index is 2.17. The van der Waals surface area contributed by atoms with E-state index in [1.807, 2.05) is 53.5 Å². The molecule has 0 amide bonds. The number of nitrogens with zero attached hydrogens (tertiary/aromatic N) is 1. The Morgan fingerprint density at radius 1 is 0.966 bits per heavy atom. The molecular formula is C23H26N2O4. The number of hydrogen-bond donors (Lipinski definition) is 2. The Kier molecular flexibility index (Phi) is 6.12. The Hall–Kier alpha value is -3.41. The lowest BCUT2D eigenvalue weighted by molar-refractivity contribution is -0.132. The van der Waals surface area contributed by atoms with Gasteiger partial charge in [-0.15, -0.1) is 0 Å². The summed E-state index contributed by atoms with van der Waals surface area (Å²) < 4.78 is 10.5. The summed E-state index contributed by atoms with van der Waals surface area (Å²) in [6, 6.07) is 15.0. The second-order valence-electron chi connectivity index (χ2n) is 7.21. The van der Waals surface area contributed by atoms with E-state index < -0.39 is 5.97 Å². The largest absolute Gasteiger partial charge is 0.497 e. The molecule has 2 N–H and O–H groups in total. The van der Waals surface area contributed by atoms with Gasteiger partial charge >= 0.3 is 5.97 Å². The molecule has 0 aromatic heterocycles. The van der Waals surface area contributed by atoms with Gasteiger partial charge in [0, 0.05) is 23.9 Å². The van der Waals surface area contributed by atoms with E-state index >= 15 is 0 Å². The number of hydrazine groups is 1. The molecule has 0 bridgehead atoms. The molecule has 1 aliphatic rings. The van der Waals surface area contributed by atoms with Crippen LogP contribution in [-0.2, 0) is 4.79 Å². The summed E-state index contributed by atoms with van der Waals surface area (Å²) in [7, 11) is 3.22. The minimum absolute atomic E-state index is 0.236. The summed E-state index contributed by atoms with van der Waals surface area (Å²) in [5.74, 6) is 0.834. The molecule has 0 saturated heterocycles. The van der Waals surface area contributed by atoms with Crippen LogP contribution in [0.3, 0.4) is 0 Å². The molecular weight excluding hydrogens is 368 g/mol. The summed E-state index contributed by atoms with van der Waals surface area (Å²) >= 11 is 0. The molecule has 6 nitrogen and oxygen atoms in total. The average Bonchev–Trinajstić information content (AvgIpc) is 2.73. The second-order valence-corrected chi connectivity index (χ2v) is 7.21. The molecule has 0 atom stereocenters. The zero-order valence-electron chi connectivity index (χ0n) is 17.1.